The fourth-order valence-electron chi connectivity index (χ4n) is 2.55. The zero-order valence-corrected chi connectivity index (χ0v) is 15.8. The first-order valence-corrected chi connectivity index (χ1v) is 9.07. The quantitative estimate of drug-likeness (QED) is 0.609. The fourth-order valence-corrected chi connectivity index (χ4v) is 2.55. The first kappa shape index (κ1) is 19.2. The number of anilines is 3. The summed E-state index contributed by atoms with van der Waals surface area (Å²) < 4.78 is 11.1. The van der Waals surface area contributed by atoms with E-state index in [1.165, 1.54) is 0 Å². The smallest absolute Gasteiger partial charge is 0.276 e. The Morgan fingerprint density at radius 1 is 0.821 bits per heavy atom. The van der Waals surface area contributed by atoms with Crippen LogP contribution in [-0.2, 0) is 0 Å². The number of para-hydroxylation sites is 4. The van der Waals surface area contributed by atoms with Crippen LogP contribution in [0.2, 0.25) is 0 Å². The van der Waals surface area contributed by atoms with Gasteiger partial charge in [-0.2, -0.15) is 0 Å². The van der Waals surface area contributed by atoms with E-state index >= 15 is 0 Å². The van der Waals surface area contributed by atoms with Gasteiger partial charge < -0.3 is 20.1 Å². The summed E-state index contributed by atoms with van der Waals surface area (Å²) in [6.07, 6.45) is 0. The van der Waals surface area contributed by atoms with Gasteiger partial charge in [0.05, 0.1) is 24.6 Å². The number of amides is 1. The lowest BCUT2D eigenvalue weighted by atomic mass is 10.2. The van der Waals surface area contributed by atoms with Crippen LogP contribution in [0.3, 0.4) is 0 Å². The molecule has 1 amide bonds. The van der Waals surface area contributed by atoms with Crippen molar-refractivity contribution in [1.82, 2.24) is 10.2 Å². The van der Waals surface area contributed by atoms with E-state index in [0.717, 1.165) is 11.4 Å². The van der Waals surface area contributed by atoms with Crippen LogP contribution in [0.5, 0.6) is 11.5 Å². The van der Waals surface area contributed by atoms with Crippen molar-refractivity contribution in [2.45, 2.75) is 13.8 Å². The van der Waals surface area contributed by atoms with Gasteiger partial charge in [0.25, 0.3) is 5.91 Å². The molecule has 0 saturated carbocycles. The van der Waals surface area contributed by atoms with Crippen LogP contribution in [0.25, 0.3) is 0 Å². The predicted molar refractivity (Wildman–Crippen MR) is 108 cm³/mol. The molecule has 0 bridgehead atoms. The third-order valence-electron chi connectivity index (χ3n) is 3.78. The summed E-state index contributed by atoms with van der Waals surface area (Å²) in [7, 11) is 0. The predicted octanol–water partition coefficient (Wildman–Crippen LogP) is 4.27. The molecule has 144 valence electrons. The highest BCUT2D eigenvalue weighted by molar-refractivity contribution is 6.03. The van der Waals surface area contributed by atoms with E-state index in [1.807, 2.05) is 50.2 Å². The van der Waals surface area contributed by atoms with Gasteiger partial charge in [-0.1, -0.05) is 24.3 Å². The van der Waals surface area contributed by atoms with Crippen molar-refractivity contribution < 1.29 is 14.3 Å². The molecule has 3 rings (SSSR count). The second kappa shape index (κ2) is 9.36. The molecule has 3 aromatic rings. The highest BCUT2D eigenvalue weighted by Crippen LogP contribution is 2.27. The van der Waals surface area contributed by atoms with Gasteiger partial charge in [0.15, 0.2) is 11.5 Å². The van der Waals surface area contributed by atoms with E-state index in [1.54, 1.807) is 24.3 Å². The van der Waals surface area contributed by atoms with Gasteiger partial charge in [0.2, 0.25) is 0 Å². The normalized spacial score (nSPS) is 10.2. The Kier molecular flexibility index (Phi) is 6.41. The van der Waals surface area contributed by atoms with Crippen molar-refractivity contribution in [3.8, 4) is 11.5 Å². The number of hydrogen-bond donors (Lipinski definition) is 2. The summed E-state index contributed by atoms with van der Waals surface area (Å²) >= 11 is 0. The highest BCUT2D eigenvalue weighted by Gasteiger charge is 2.12. The number of aromatic nitrogens is 2. The number of ether oxygens (including phenoxy) is 2. The van der Waals surface area contributed by atoms with E-state index in [2.05, 4.69) is 20.8 Å². The average Bonchev–Trinajstić information content (AvgIpc) is 2.72. The van der Waals surface area contributed by atoms with Crippen LogP contribution in [-0.4, -0.2) is 29.3 Å². The van der Waals surface area contributed by atoms with E-state index < -0.39 is 0 Å². The summed E-state index contributed by atoms with van der Waals surface area (Å²) in [6, 6.07) is 18.1. The molecule has 7 nitrogen and oxygen atoms in total. The van der Waals surface area contributed by atoms with Crippen LogP contribution < -0.4 is 20.1 Å². The molecule has 0 spiro atoms. The maximum Gasteiger partial charge on any atom is 0.276 e. The first-order valence-electron chi connectivity index (χ1n) is 9.07. The molecule has 0 aliphatic heterocycles. The number of hydrogen-bond acceptors (Lipinski definition) is 6. The summed E-state index contributed by atoms with van der Waals surface area (Å²) in [4.78, 5) is 12.5. The lowest BCUT2D eigenvalue weighted by Crippen LogP contribution is -2.15. The Hall–Kier alpha value is -3.61. The minimum Gasteiger partial charge on any atom is -0.492 e. The highest BCUT2D eigenvalue weighted by atomic mass is 16.5. The SMILES string of the molecule is CCOc1ccccc1NC(=O)c1ccc(Nc2ccccc2OCC)nn1. The summed E-state index contributed by atoms with van der Waals surface area (Å²) in [6.45, 7) is 4.89. The maximum atomic E-state index is 12.5. The molecule has 0 radical (unpaired) electrons. The molecular weight excluding hydrogens is 356 g/mol. The molecule has 1 aromatic heterocycles. The Morgan fingerprint density at radius 2 is 1.43 bits per heavy atom. The van der Waals surface area contributed by atoms with Crippen molar-refractivity contribution in [2.75, 3.05) is 23.8 Å². The van der Waals surface area contributed by atoms with Crippen molar-refractivity contribution in [3.63, 3.8) is 0 Å². The lowest BCUT2D eigenvalue weighted by Gasteiger charge is -2.12. The minimum atomic E-state index is -0.360. The van der Waals surface area contributed by atoms with Crippen molar-refractivity contribution in [3.05, 3.63) is 66.4 Å². The van der Waals surface area contributed by atoms with Crippen LogP contribution >= 0.6 is 0 Å². The molecule has 0 fully saturated rings. The monoisotopic (exact) mass is 378 g/mol. The van der Waals surface area contributed by atoms with Gasteiger partial charge in [-0.15, -0.1) is 10.2 Å². The van der Waals surface area contributed by atoms with Gasteiger partial charge in [0.1, 0.15) is 11.5 Å². The molecular formula is C21H22N4O3. The second-order valence-electron chi connectivity index (χ2n) is 5.74. The van der Waals surface area contributed by atoms with Crippen molar-refractivity contribution >= 4 is 23.1 Å². The number of carbonyl (C=O) groups excluding carboxylic acids is 1. The standard InChI is InChI=1S/C21H22N4O3/c1-3-27-18-11-7-5-9-15(18)22-20-14-13-17(24-25-20)21(26)23-16-10-6-8-12-19(16)28-4-2/h5-14H,3-4H2,1-2H3,(H,22,25)(H,23,26). The van der Waals surface area contributed by atoms with Crippen LogP contribution in [0.4, 0.5) is 17.2 Å². The van der Waals surface area contributed by atoms with Crippen molar-refractivity contribution in [2.24, 2.45) is 0 Å². The van der Waals surface area contributed by atoms with E-state index in [4.69, 9.17) is 9.47 Å². The average molecular weight is 378 g/mol. The molecule has 2 aromatic carbocycles. The minimum absolute atomic E-state index is 0.204. The van der Waals surface area contributed by atoms with Gasteiger partial charge >= 0.3 is 0 Å². The summed E-state index contributed by atoms with van der Waals surface area (Å²) in [5.41, 5.74) is 1.57. The molecule has 0 saturated heterocycles. The van der Waals surface area contributed by atoms with Crippen molar-refractivity contribution in [1.29, 1.82) is 0 Å². The molecule has 7 heteroatoms. The van der Waals surface area contributed by atoms with Gasteiger partial charge in [-0.3, -0.25) is 4.79 Å². The number of rotatable bonds is 8. The second-order valence-corrected chi connectivity index (χ2v) is 5.74. The maximum absolute atomic E-state index is 12.5. The Bertz CT molecular complexity index is 929. The molecule has 2 N–H and O–H groups in total. The topological polar surface area (TPSA) is 85.4 Å². The largest absolute Gasteiger partial charge is 0.492 e. The van der Waals surface area contributed by atoms with Crippen LogP contribution in [0, 0.1) is 0 Å². The van der Waals surface area contributed by atoms with Crippen LogP contribution in [0.1, 0.15) is 24.3 Å². The van der Waals surface area contributed by atoms with Gasteiger partial charge in [-0.05, 0) is 50.2 Å². The number of carbonyl (C=O) groups is 1. The Morgan fingerprint density at radius 3 is 2.04 bits per heavy atom. The molecule has 0 aliphatic rings. The number of benzene rings is 2. The summed E-state index contributed by atoms with van der Waals surface area (Å²) in [5, 5.41) is 14.1. The first-order chi connectivity index (χ1) is 13.7. The zero-order chi connectivity index (χ0) is 19.8. The third kappa shape index (κ3) is 4.76. The molecule has 0 aliphatic carbocycles. The number of nitrogens with one attached hydrogen (secondary N) is 2. The van der Waals surface area contributed by atoms with Gasteiger partial charge in [-0.25, -0.2) is 0 Å². The molecule has 0 atom stereocenters. The third-order valence-corrected chi connectivity index (χ3v) is 3.78. The van der Waals surface area contributed by atoms with Crippen LogP contribution in [0.15, 0.2) is 60.7 Å². The number of nitrogens with zero attached hydrogens (tertiary/aromatic N) is 2. The lowest BCUT2D eigenvalue weighted by molar-refractivity contribution is 0.102. The molecule has 1 heterocycles. The molecule has 0 unspecified atom stereocenters. The van der Waals surface area contributed by atoms with E-state index in [9.17, 15) is 4.79 Å². The van der Waals surface area contributed by atoms with E-state index in [0.29, 0.717) is 30.5 Å². The fraction of sp³-hybridized carbons (Fsp3) is 0.190. The summed E-state index contributed by atoms with van der Waals surface area (Å²) in [5.74, 6) is 1.48. The van der Waals surface area contributed by atoms with Gasteiger partial charge in [0, 0.05) is 0 Å². The van der Waals surface area contributed by atoms with E-state index in [-0.39, 0.29) is 11.6 Å². The molecule has 28 heavy (non-hydrogen) atoms. The Balaban J connectivity index is 1.70. The zero-order valence-electron chi connectivity index (χ0n) is 15.8. The Labute approximate surface area is 163 Å².